The van der Waals surface area contributed by atoms with Gasteiger partial charge in [-0.3, -0.25) is 4.79 Å². The van der Waals surface area contributed by atoms with Crippen LogP contribution in [0.5, 0.6) is 0 Å². The summed E-state index contributed by atoms with van der Waals surface area (Å²) in [5.74, 6) is 0. The summed E-state index contributed by atoms with van der Waals surface area (Å²) in [6, 6.07) is 7.97. The topological polar surface area (TPSA) is 56.1 Å². The van der Waals surface area contributed by atoms with Gasteiger partial charge in [0.25, 0.3) is 10.0 Å². The molecule has 1 aromatic heterocycles. The molecule has 0 saturated heterocycles. The van der Waals surface area contributed by atoms with E-state index in [0.717, 1.165) is 5.56 Å². The van der Waals surface area contributed by atoms with Crippen molar-refractivity contribution in [2.45, 2.75) is 18.2 Å². The van der Waals surface area contributed by atoms with E-state index in [9.17, 15) is 13.2 Å². The van der Waals surface area contributed by atoms with E-state index in [2.05, 4.69) is 0 Å². The van der Waals surface area contributed by atoms with Crippen molar-refractivity contribution in [2.24, 2.45) is 0 Å². The van der Waals surface area contributed by atoms with Gasteiger partial charge in [-0.15, -0.1) is 0 Å². The summed E-state index contributed by atoms with van der Waals surface area (Å²) in [6.45, 7) is 1.90. The summed E-state index contributed by atoms with van der Waals surface area (Å²) >= 11 is 0. The number of rotatable bonds is 2. The first-order valence-electron chi connectivity index (χ1n) is 6.23. The second-order valence-electron chi connectivity index (χ2n) is 4.76. The molecule has 0 radical (unpaired) electrons. The zero-order valence-electron chi connectivity index (χ0n) is 10.9. The maximum absolute atomic E-state index is 12.6. The van der Waals surface area contributed by atoms with Crippen molar-refractivity contribution in [2.75, 3.05) is 0 Å². The first-order chi connectivity index (χ1) is 9.50. The maximum Gasteiger partial charge on any atom is 0.267 e. The number of nitrogens with zero attached hydrogens (tertiary/aromatic N) is 1. The van der Waals surface area contributed by atoms with Gasteiger partial charge >= 0.3 is 0 Å². The van der Waals surface area contributed by atoms with E-state index < -0.39 is 10.0 Å². The van der Waals surface area contributed by atoms with Gasteiger partial charge < -0.3 is 0 Å². The molecule has 5 heteroatoms. The molecule has 1 heterocycles. The maximum atomic E-state index is 12.6. The molecule has 1 aromatic carbocycles. The summed E-state index contributed by atoms with van der Waals surface area (Å²) in [6.07, 6.45) is 5.27. The summed E-state index contributed by atoms with van der Waals surface area (Å²) < 4.78 is 26.5. The van der Waals surface area contributed by atoms with Gasteiger partial charge in [0.1, 0.15) is 0 Å². The van der Waals surface area contributed by atoms with Crippen LogP contribution in [0.4, 0.5) is 0 Å². The van der Waals surface area contributed by atoms with Crippen LogP contribution in [0, 0.1) is 6.92 Å². The molecule has 0 aliphatic heterocycles. The average molecular weight is 287 g/mol. The lowest BCUT2D eigenvalue weighted by Crippen LogP contribution is -2.21. The number of hydrogen-bond donors (Lipinski definition) is 0. The molecule has 0 fully saturated rings. The van der Waals surface area contributed by atoms with E-state index in [-0.39, 0.29) is 10.3 Å². The number of allylic oxidation sites excluding steroid dienone is 1. The molecule has 0 saturated carbocycles. The van der Waals surface area contributed by atoms with Crippen LogP contribution in [0.3, 0.4) is 0 Å². The first kappa shape index (κ1) is 12.9. The third-order valence-electron chi connectivity index (χ3n) is 3.38. The van der Waals surface area contributed by atoms with Crippen molar-refractivity contribution >= 4 is 16.1 Å². The minimum atomic E-state index is -3.66. The molecule has 3 rings (SSSR count). The van der Waals surface area contributed by atoms with E-state index in [4.69, 9.17) is 0 Å². The monoisotopic (exact) mass is 287 g/mol. The Balaban J connectivity index is 2.21. The number of pyridine rings is 1. The number of aryl methyl sites for hydroxylation is 1. The molecule has 0 unspecified atom stereocenters. The Labute approximate surface area is 117 Å². The lowest BCUT2D eigenvalue weighted by molar-refractivity contribution is 0.585. The van der Waals surface area contributed by atoms with Gasteiger partial charge in [-0.2, -0.15) is 0 Å². The van der Waals surface area contributed by atoms with Crippen LogP contribution in [0.25, 0.3) is 6.08 Å². The first-order valence-corrected chi connectivity index (χ1v) is 7.67. The third kappa shape index (κ3) is 1.91. The molecule has 0 N–H and O–H groups in total. The normalized spacial score (nSPS) is 13.4. The van der Waals surface area contributed by atoms with Gasteiger partial charge in [0.05, 0.1) is 4.90 Å². The quantitative estimate of drug-likeness (QED) is 0.848. The molecular weight excluding hydrogens is 274 g/mol. The Morgan fingerprint density at radius 2 is 1.80 bits per heavy atom. The minimum absolute atomic E-state index is 0.149. The standard InChI is InChI=1S/C15H13NO3S/c1-11-5-7-12(8-6-11)20(18,19)16-10-9-15(17)13-3-2-4-14(13)16/h2-3,5-10H,4H2,1H3. The predicted octanol–water partition coefficient (Wildman–Crippen LogP) is 1.96. The van der Waals surface area contributed by atoms with Crippen molar-refractivity contribution < 1.29 is 8.42 Å². The second kappa shape index (κ2) is 4.45. The lowest BCUT2D eigenvalue weighted by atomic mass is 10.2. The summed E-state index contributed by atoms with van der Waals surface area (Å²) in [7, 11) is -3.66. The van der Waals surface area contributed by atoms with Crippen molar-refractivity contribution in [1.29, 1.82) is 0 Å². The van der Waals surface area contributed by atoms with Crippen molar-refractivity contribution in [3.8, 4) is 0 Å². The van der Waals surface area contributed by atoms with Gasteiger partial charge in [-0.25, -0.2) is 12.4 Å². The van der Waals surface area contributed by atoms with Gasteiger partial charge in [0.2, 0.25) is 0 Å². The van der Waals surface area contributed by atoms with Crippen LogP contribution in [-0.2, 0) is 16.4 Å². The van der Waals surface area contributed by atoms with Crippen LogP contribution in [0.15, 0.2) is 52.3 Å². The van der Waals surface area contributed by atoms with Gasteiger partial charge in [-0.1, -0.05) is 29.8 Å². The highest BCUT2D eigenvalue weighted by atomic mass is 32.2. The van der Waals surface area contributed by atoms with Crippen molar-refractivity contribution in [3.63, 3.8) is 0 Å². The van der Waals surface area contributed by atoms with E-state index in [1.807, 2.05) is 6.92 Å². The number of fused-ring (bicyclic) bond motifs is 1. The highest BCUT2D eigenvalue weighted by Crippen LogP contribution is 2.21. The minimum Gasteiger partial charge on any atom is -0.289 e. The SMILES string of the molecule is Cc1ccc(S(=O)(=O)n2ccc(=O)c3c2CC=C3)cc1. The van der Waals surface area contributed by atoms with Crippen LogP contribution >= 0.6 is 0 Å². The summed E-state index contributed by atoms with van der Waals surface area (Å²) in [5.41, 5.74) is 1.83. The molecule has 4 nitrogen and oxygen atoms in total. The fourth-order valence-corrected chi connectivity index (χ4v) is 3.68. The van der Waals surface area contributed by atoms with Gasteiger partial charge in [0.15, 0.2) is 5.43 Å². The van der Waals surface area contributed by atoms with E-state index in [1.165, 1.54) is 16.2 Å². The van der Waals surface area contributed by atoms with Crippen molar-refractivity contribution in [3.05, 3.63) is 69.6 Å². The van der Waals surface area contributed by atoms with Crippen LogP contribution in [0.1, 0.15) is 16.8 Å². The average Bonchev–Trinajstić information content (AvgIpc) is 2.89. The van der Waals surface area contributed by atoms with Crippen LogP contribution < -0.4 is 5.43 Å². The van der Waals surface area contributed by atoms with Gasteiger partial charge in [0, 0.05) is 29.9 Å². The number of hydrogen-bond acceptors (Lipinski definition) is 3. The Kier molecular flexibility index (Phi) is 2.87. The Morgan fingerprint density at radius 3 is 2.50 bits per heavy atom. The zero-order valence-corrected chi connectivity index (χ0v) is 11.7. The second-order valence-corrected chi connectivity index (χ2v) is 6.58. The van der Waals surface area contributed by atoms with E-state index in [0.29, 0.717) is 17.7 Å². The van der Waals surface area contributed by atoms with E-state index >= 15 is 0 Å². The highest BCUT2D eigenvalue weighted by Gasteiger charge is 2.22. The Hall–Kier alpha value is -2.14. The Morgan fingerprint density at radius 1 is 1.10 bits per heavy atom. The highest BCUT2D eigenvalue weighted by molar-refractivity contribution is 7.90. The molecular formula is C15H13NO3S. The largest absolute Gasteiger partial charge is 0.289 e. The third-order valence-corrected chi connectivity index (χ3v) is 5.11. The van der Waals surface area contributed by atoms with Crippen molar-refractivity contribution in [1.82, 2.24) is 3.97 Å². The molecule has 1 aliphatic rings. The number of benzene rings is 1. The molecule has 0 atom stereocenters. The summed E-state index contributed by atoms with van der Waals surface area (Å²) in [4.78, 5) is 11.9. The van der Waals surface area contributed by atoms with Crippen LogP contribution in [0.2, 0.25) is 0 Å². The number of aromatic nitrogens is 1. The smallest absolute Gasteiger partial charge is 0.267 e. The zero-order chi connectivity index (χ0) is 14.3. The summed E-state index contributed by atoms with van der Waals surface area (Å²) in [5, 5.41) is 0. The fraction of sp³-hybridized carbons (Fsp3) is 0.133. The molecule has 1 aliphatic carbocycles. The molecule has 0 amide bonds. The molecule has 102 valence electrons. The van der Waals surface area contributed by atoms with Gasteiger partial charge in [-0.05, 0) is 19.1 Å². The van der Waals surface area contributed by atoms with Crippen LogP contribution in [-0.4, -0.2) is 12.4 Å². The molecule has 2 aromatic rings. The molecule has 0 spiro atoms. The lowest BCUT2D eigenvalue weighted by Gasteiger charge is -2.13. The van der Waals surface area contributed by atoms with E-state index in [1.54, 1.807) is 36.4 Å². The molecule has 0 bridgehead atoms. The Bertz CT molecular complexity index is 859. The molecule has 20 heavy (non-hydrogen) atoms. The predicted molar refractivity (Wildman–Crippen MR) is 77.2 cm³/mol. The fourth-order valence-electron chi connectivity index (χ4n) is 2.29.